The second-order valence-electron chi connectivity index (χ2n) is 6.56. The van der Waals surface area contributed by atoms with E-state index in [0.29, 0.717) is 23.2 Å². The molecule has 8 heteroatoms. The topological polar surface area (TPSA) is 93.7 Å². The number of rotatable bonds is 7. The predicted octanol–water partition coefficient (Wildman–Crippen LogP) is 3.27. The molecule has 1 aliphatic carbocycles. The second-order valence-corrected chi connectivity index (χ2v) is 8.64. The molecule has 0 amide bonds. The van der Waals surface area contributed by atoms with Gasteiger partial charge in [-0.15, -0.1) is 0 Å². The van der Waals surface area contributed by atoms with E-state index in [9.17, 15) is 18.5 Å². The minimum absolute atomic E-state index is 0.0630. The number of benzene rings is 1. The molecule has 0 unspecified atom stereocenters. The molecule has 1 aliphatic rings. The lowest BCUT2D eigenvalue weighted by atomic mass is 10.2. The molecule has 0 radical (unpaired) electrons. The first-order valence-corrected chi connectivity index (χ1v) is 9.63. The average Bonchev–Trinajstić information content (AvgIpc) is 3.09. The summed E-state index contributed by atoms with van der Waals surface area (Å²) in [4.78, 5) is 10.1. The van der Waals surface area contributed by atoms with Crippen molar-refractivity contribution >= 4 is 15.7 Å². The number of nitrogens with zero attached hydrogens (tertiary/aromatic N) is 2. The molecule has 0 N–H and O–H groups in total. The van der Waals surface area contributed by atoms with Crippen molar-refractivity contribution in [1.29, 1.82) is 0 Å². The maximum Gasteiger partial charge on any atom is 0.269 e. The van der Waals surface area contributed by atoms with Crippen molar-refractivity contribution in [2.24, 2.45) is 5.92 Å². The molecule has 134 valence electrons. The molecular formula is C17H20N2O5S. The van der Waals surface area contributed by atoms with Crippen molar-refractivity contribution in [2.45, 2.75) is 31.6 Å². The fourth-order valence-corrected chi connectivity index (χ4v) is 3.91. The van der Waals surface area contributed by atoms with Crippen LogP contribution >= 0.6 is 0 Å². The Balaban J connectivity index is 1.64. The monoisotopic (exact) mass is 364 g/mol. The fourth-order valence-electron chi connectivity index (χ4n) is 2.75. The van der Waals surface area contributed by atoms with Gasteiger partial charge in [0.25, 0.3) is 5.69 Å². The van der Waals surface area contributed by atoms with E-state index in [1.165, 1.54) is 35.6 Å². The van der Waals surface area contributed by atoms with E-state index in [1.807, 2.05) is 12.1 Å². The summed E-state index contributed by atoms with van der Waals surface area (Å²) in [5, 5.41) is 10.7. The molecule has 1 aromatic heterocycles. The first-order chi connectivity index (χ1) is 11.8. The summed E-state index contributed by atoms with van der Waals surface area (Å²) in [6.45, 7) is 2.32. The highest BCUT2D eigenvalue weighted by Gasteiger charge is 2.36. The number of hydrogen-bond donors (Lipinski definition) is 0. The Kier molecular flexibility index (Phi) is 4.66. The number of sulfonamides is 1. The summed E-state index contributed by atoms with van der Waals surface area (Å²) in [7, 11) is -2.04. The van der Waals surface area contributed by atoms with Crippen LogP contribution in [0.1, 0.15) is 36.3 Å². The third-order valence-electron chi connectivity index (χ3n) is 4.51. The van der Waals surface area contributed by atoms with Crippen LogP contribution in [0.5, 0.6) is 0 Å². The number of furan rings is 1. The van der Waals surface area contributed by atoms with Crippen molar-refractivity contribution < 1.29 is 17.8 Å². The molecule has 0 spiro atoms. The summed E-state index contributed by atoms with van der Waals surface area (Å²) in [6.07, 6.45) is 1.11. The lowest BCUT2D eigenvalue weighted by Gasteiger charge is -2.16. The van der Waals surface area contributed by atoms with Crippen molar-refractivity contribution in [3.05, 3.63) is 63.6 Å². The largest absolute Gasteiger partial charge is 0.464 e. The Morgan fingerprint density at radius 2 is 1.88 bits per heavy atom. The Morgan fingerprint density at radius 3 is 2.44 bits per heavy atom. The molecule has 1 heterocycles. The zero-order valence-electron chi connectivity index (χ0n) is 14.1. The molecule has 2 atom stereocenters. The molecule has 0 aliphatic heterocycles. The quantitative estimate of drug-likeness (QED) is 0.555. The van der Waals surface area contributed by atoms with Crippen molar-refractivity contribution in [3.8, 4) is 0 Å². The van der Waals surface area contributed by atoms with Gasteiger partial charge >= 0.3 is 0 Å². The van der Waals surface area contributed by atoms with E-state index < -0.39 is 14.9 Å². The Labute approximate surface area is 146 Å². The molecule has 1 aromatic carbocycles. The first kappa shape index (κ1) is 17.6. The third-order valence-corrected chi connectivity index (χ3v) is 6.28. The van der Waals surface area contributed by atoms with Gasteiger partial charge in [-0.1, -0.05) is 19.1 Å². The van der Waals surface area contributed by atoms with Crippen LogP contribution in [0, 0.1) is 16.0 Å². The Hall–Kier alpha value is -2.19. The molecule has 25 heavy (non-hydrogen) atoms. The van der Waals surface area contributed by atoms with Crippen LogP contribution in [0.15, 0.2) is 40.8 Å². The highest BCUT2D eigenvalue weighted by Crippen LogP contribution is 2.47. The molecule has 1 fully saturated rings. The predicted molar refractivity (Wildman–Crippen MR) is 92.4 cm³/mol. The highest BCUT2D eigenvalue weighted by molar-refractivity contribution is 7.88. The number of nitro groups is 1. The van der Waals surface area contributed by atoms with Gasteiger partial charge in [0.2, 0.25) is 10.0 Å². The van der Waals surface area contributed by atoms with E-state index in [1.54, 1.807) is 0 Å². The Bertz CT molecular complexity index is 873. The minimum atomic E-state index is -3.55. The molecule has 2 aromatic rings. The Morgan fingerprint density at radius 1 is 1.24 bits per heavy atom. The summed E-state index contributed by atoms with van der Waals surface area (Å²) in [6, 6.07) is 9.27. The van der Waals surface area contributed by atoms with Crippen LogP contribution in [0.2, 0.25) is 0 Å². The van der Waals surface area contributed by atoms with Crippen LogP contribution in [0.4, 0.5) is 5.69 Å². The standard InChI is InChI=1S/C17H20N2O5S/c1-12-9-16(12)17-8-7-15(24-17)10-18(2)25(22,23)11-13-3-5-14(6-4-13)19(20)21/h3-8,12,16H,9-11H2,1-2H3/t12-,16+/m1/s1. The van der Waals surface area contributed by atoms with E-state index in [4.69, 9.17) is 4.42 Å². The lowest BCUT2D eigenvalue weighted by Crippen LogP contribution is -2.27. The zero-order chi connectivity index (χ0) is 18.2. The van der Waals surface area contributed by atoms with Crippen LogP contribution in [-0.4, -0.2) is 24.7 Å². The van der Waals surface area contributed by atoms with E-state index in [0.717, 1.165) is 12.2 Å². The smallest absolute Gasteiger partial charge is 0.269 e. The van der Waals surface area contributed by atoms with Gasteiger partial charge in [0.15, 0.2) is 0 Å². The zero-order valence-corrected chi connectivity index (χ0v) is 14.9. The van der Waals surface area contributed by atoms with Gasteiger partial charge in [-0.25, -0.2) is 8.42 Å². The SMILES string of the molecule is C[C@@H]1C[C@@H]1c1ccc(CN(C)S(=O)(=O)Cc2ccc([N+](=O)[O-])cc2)o1. The lowest BCUT2D eigenvalue weighted by molar-refractivity contribution is -0.384. The van der Waals surface area contributed by atoms with Gasteiger partial charge in [-0.2, -0.15) is 4.31 Å². The number of non-ortho nitro benzene ring substituents is 1. The molecule has 7 nitrogen and oxygen atoms in total. The summed E-state index contributed by atoms with van der Waals surface area (Å²) in [5.74, 6) is 2.40. The van der Waals surface area contributed by atoms with Gasteiger partial charge in [-0.05, 0) is 30.0 Å². The summed E-state index contributed by atoms with van der Waals surface area (Å²) < 4.78 is 32.0. The molecule has 0 saturated heterocycles. The second kappa shape index (κ2) is 6.61. The van der Waals surface area contributed by atoms with E-state index in [2.05, 4.69) is 6.92 Å². The fraction of sp³-hybridized carbons (Fsp3) is 0.412. The van der Waals surface area contributed by atoms with Crippen molar-refractivity contribution in [3.63, 3.8) is 0 Å². The van der Waals surface area contributed by atoms with Gasteiger partial charge in [0.1, 0.15) is 11.5 Å². The summed E-state index contributed by atoms with van der Waals surface area (Å²) >= 11 is 0. The number of hydrogen-bond acceptors (Lipinski definition) is 5. The minimum Gasteiger partial charge on any atom is -0.464 e. The van der Waals surface area contributed by atoms with Gasteiger partial charge in [0.05, 0.1) is 17.2 Å². The molecule has 0 bridgehead atoms. The third kappa shape index (κ3) is 4.08. The molecular weight excluding hydrogens is 344 g/mol. The highest BCUT2D eigenvalue weighted by atomic mass is 32.2. The van der Waals surface area contributed by atoms with Gasteiger partial charge in [0, 0.05) is 25.1 Å². The van der Waals surface area contributed by atoms with Gasteiger partial charge < -0.3 is 4.42 Å². The van der Waals surface area contributed by atoms with Crippen LogP contribution < -0.4 is 0 Å². The maximum absolute atomic E-state index is 12.5. The van der Waals surface area contributed by atoms with Crippen molar-refractivity contribution in [1.82, 2.24) is 4.31 Å². The molecule has 1 saturated carbocycles. The van der Waals surface area contributed by atoms with Crippen LogP contribution in [0.25, 0.3) is 0 Å². The van der Waals surface area contributed by atoms with E-state index >= 15 is 0 Å². The van der Waals surface area contributed by atoms with Crippen LogP contribution in [-0.2, 0) is 22.3 Å². The first-order valence-electron chi connectivity index (χ1n) is 8.02. The summed E-state index contributed by atoms with van der Waals surface area (Å²) in [5.41, 5.74) is 0.441. The van der Waals surface area contributed by atoms with Gasteiger partial charge in [-0.3, -0.25) is 10.1 Å². The van der Waals surface area contributed by atoms with Crippen molar-refractivity contribution in [2.75, 3.05) is 7.05 Å². The van der Waals surface area contributed by atoms with Crippen LogP contribution in [0.3, 0.4) is 0 Å². The normalized spacial score (nSPS) is 20.0. The number of nitro benzene ring substituents is 1. The van der Waals surface area contributed by atoms with E-state index in [-0.39, 0.29) is 18.0 Å². The molecule has 3 rings (SSSR count). The average molecular weight is 364 g/mol. The maximum atomic E-state index is 12.5.